The first kappa shape index (κ1) is 14.8. The maximum absolute atomic E-state index is 3.75. The Morgan fingerprint density at radius 2 is 1.79 bits per heavy atom. The molecule has 0 radical (unpaired) electrons. The van der Waals surface area contributed by atoms with Crippen LogP contribution in [0.5, 0.6) is 0 Å². The molecule has 2 aliphatic rings. The molecule has 19 heavy (non-hydrogen) atoms. The SMILES string of the molecule is Cl.c1ccc([C@H]2CCCN[C@H]2CN2CCCC2)cc1. The fourth-order valence-corrected chi connectivity index (χ4v) is 3.49. The zero-order chi connectivity index (χ0) is 12.2. The van der Waals surface area contributed by atoms with Gasteiger partial charge >= 0.3 is 0 Å². The van der Waals surface area contributed by atoms with Gasteiger partial charge in [0.2, 0.25) is 0 Å². The molecule has 2 aliphatic heterocycles. The van der Waals surface area contributed by atoms with Crippen LogP contribution < -0.4 is 5.32 Å². The predicted octanol–water partition coefficient (Wildman–Crippen LogP) is 3.04. The molecule has 106 valence electrons. The number of hydrogen-bond acceptors (Lipinski definition) is 2. The van der Waals surface area contributed by atoms with Crippen LogP contribution >= 0.6 is 12.4 Å². The van der Waals surface area contributed by atoms with E-state index in [1.54, 1.807) is 0 Å². The topological polar surface area (TPSA) is 15.3 Å². The first-order valence-corrected chi connectivity index (χ1v) is 7.44. The second kappa shape index (κ2) is 7.28. The Morgan fingerprint density at radius 3 is 2.53 bits per heavy atom. The first-order chi connectivity index (χ1) is 8.93. The molecule has 0 bridgehead atoms. The molecule has 3 heteroatoms. The summed E-state index contributed by atoms with van der Waals surface area (Å²) in [6.45, 7) is 5.04. The average Bonchev–Trinajstić information content (AvgIpc) is 2.93. The lowest BCUT2D eigenvalue weighted by Gasteiger charge is -2.35. The molecule has 2 heterocycles. The molecular formula is C16H25ClN2. The summed E-state index contributed by atoms with van der Waals surface area (Å²) in [7, 11) is 0. The summed E-state index contributed by atoms with van der Waals surface area (Å²) in [5.74, 6) is 0.709. The molecule has 0 unspecified atom stereocenters. The van der Waals surface area contributed by atoms with Gasteiger partial charge in [-0.15, -0.1) is 12.4 Å². The number of likely N-dealkylation sites (tertiary alicyclic amines) is 1. The molecule has 0 aromatic heterocycles. The number of hydrogen-bond donors (Lipinski definition) is 1. The number of piperidine rings is 1. The Labute approximate surface area is 123 Å². The Bertz CT molecular complexity index is 362. The van der Waals surface area contributed by atoms with Crippen LogP contribution in [0, 0.1) is 0 Å². The van der Waals surface area contributed by atoms with Gasteiger partial charge in [0.25, 0.3) is 0 Å². The Kier molecular flexibility index (Phi) is 5.68. The van der Waals surface area contributed by atoms with Crippen LogP contribution in [-0.2, 0) is 0 Å². The van der Waals surface area contributed by atoms with E-state index in [-0.39, 0.29) is 12.4 Å². The van der Waals surface area contributed by atoms with E-state index in [9.17, 15) is 0 Å². The summed E-state index contributed by atoms with van der Waals surface area (Å²) in [5, 5.41) is 3.75. The molecule has 1 N–H and O–H groups in total. The van der Waals surface area contributed by atoms with Crippen molar-refractivity contribution in [2.24, 2.45) is 0 Å². The zero-order valence-corrected chi connectivity index (χ0v) is 12.4. The van der Waals surface area contributed by atoms with E-state index in [0.717, 1.165) is 0 Å². The fraction of sp³-hybridized carbons (Fsp3) is 0.625. The number of nitrogens with zero attached hydrogens (tertiary/aromatic N) is 1. The largest absolute Gasteiger partial charge is 0.312 e. The highest BCUT2D eigenvalue weighted by molar-refractivity contribution is 5.85. The van der Waals surface area contributed by atoms with Gasteiger partial charge in [0.1, 0.15) is 0 Å². The van der Waals surface area contributed by atoms with Gasteiger partial charge < -0.3 is 10.2 Å². The van der Waals surface area contributed by atoms with Crippen molar-refractivity contribution in [2.45, 2.75) is 37.6 Å². The molecule has 2 atom stereocenters. The zero-order valence-electron chi connectivity index (χ0n) is 11.6. The van der Waals surface area contributed by atoms with Crippen molar-refractivity contribution < 1.29 is 0 Å². The summed E-state index contributed by atoms with van der Waals surface area (Å²) in [5.41, 5.74) is 1.52. The van der Waals surface area contributed by atoms with Crippen molar-refractivity contribution in [1.29, 1.82) is 0 Å². The highest BCUT2D eigenvalue weighted by Crippen LogP contribution is 2.28. The third-order valence-corrected chi connectivity index (χ3v) is 4.47. The van der Waals surface area contributed by atoms with Crippen molar-refractivity contribution in [3.05, 3.63) is 35.9 Å². The van der Waals surface area contributed by atoms with Gasteiger partial charge in [0, 0.05) is 18.5 Å². The molecule has 0 saturated carbocycles. The molecule has 0 amide bonds. The summed E-state index contributed by atoms with van der Waals surface area (Å²) in [6, 6.07) is 11.7. The average molecular weight is 281 g/mol. The lowest BCUT2D eigenvalue weighted by Crippen LogP contribution is -2.47. The third kappa shape index (κ3) is 3.71. The van der Waals surface area contributed by atoms with E-state index in [2.05, 4.69) is 40.5 Å². The number of rotatable bonds is 3. The molecule has 1 aromatic rings. The molecular weight excluding hydrogens is 256 g/mol. The summed E-state index contributed by atoms with van der Waals surface area (Å²) in [6.07, 6.45) is 5.44. The second-order valence-electron chi connectivity index (χ2n) is 5.73. The van der Waals surface area contributed by atoms with Gasteiger partial charge in [0.05, 0.1) is 0 Å². The van der Waals surface area contributed by atoms with Crippen LogP contribution in [-0.4, -0.2) is 37.1 Å². The lowest BCUT2D eigenvalue weighted by molar-refractivity contribution is 0.242. The van der Waals surface area contributed by atoms with Gasteiger partial charge in [-0.25, -0.2) is 0 Å². The van der Waals surface area contributed by atoms with Crippen molar-refractivity contribution in [3.8, 4) is 0 Å². The molecule has 2 saturated heterocycles. The number of benzene rings is 1. The lowest BCUT2D eigenvalue weighted by atomic mass is 9.84. The monoisotopic (exact) mass is 280 g/mol. The smallest absolute Gasteiger partial charge is 0.0263 e. The standard InChI is InChI=1S/C16H24N2.ClH/c1-2-7-14(8-3-1)15-9-6-10-17-16(15)13-18-11-4-5-12-18;/h1-3,7-8,15-17H,4-6,9-13H2;1H/t15-,16+;/m1./s1. The van der Waals surface area contributed by atoms with Gasteiger partial charge in [-0.2, -0.15) is 0 Å². The van der Waals surface area contributed by atoms with Crippen LogP contribution in [0.4, 0.5) is 0 Å². The van der Waals surface area contributed by atoms with Crippen LogP contribution in [0.25, 0.3) is 0 Å². The molecule has 2 fully saturated rings. The van der Waals surface area contributed by atoms with Crippen LogP contribution in [0.1, 0.15) is 37.2 Å². The van der Waals surface area contributed by atoms with E-state index in [1.807, 2.05) is 0 Å². The molecule has 0 spiro atoms. The van der Waals surface area contributed by atoms with E-state index < -0.39 is 0 Å². The molecule has 0 aliphatic carbocycles. The van der Waals surface area contributed by atoms with Crippen LogP contribution in [0.3, 0.4) is 0 Å². The minimum atomic E-state index is 0. The van der Waals surface area contributed by atoms with Crippen LogP contribution in [0.15, 0.2) is 30.3 Å². The van der Waals surface area contributed by atoms with Crippen molar-refractivity contribution in [1.82, 2.24) is 10.2 Å². The third-order valence-electron chi connectivity index (χ3n) is 4.47. The first-order valence-electron chi connectivity index (χ1n) is 7.44. The van der Waals surface area contributed by atoms with Crippen molar-refractivity contribution >= 4 is 12.4 Å². The predicted molar refractivity (Wildman–Crippen MR) is 83.1 cm³/mol. The second-order valence-corrected chi connectivity index (χ2v) is 5.73. The summed E-state index contributed by atoms with van der Waals surface area (Å²) in [4.78, 5) is 2.64. The molecule has 3 rings (SSSR count). The van der Waals surface area contributed by atoms with Gasteiger partial charge in [-0.3, -0.25) is 0 Å². The minimum absolute atomic E-state index is 0. The summed E-state index contributed by atoms with van der Waals surface area (Å²) >= 11 is 0. The van der Waals surface area contributed by atoms with E-state index >= 15 is 0 Å². The van der Waals surface area contributed by atoms with E-state index in [4.69, 9.17) is 0 Å². The van der Waals surface area contributed by atoms with Gasteiger partial charge in [-0.1, -0.05) is 30.3 Å². The highest BCUT2D eigenvalue weighted by Gasteiger charge is 2.28. The molecule has 1 aromatic carbocycles. The van der Waals surface area contributed by atoms with E-state index in [0.29, 0.717) is 12.0 Å². The molecule has 2 nitrogen and oxygen atoms in total. The normalized spacial score (nSPS) is 28.0. The maximum Gasteiger partial charge on any atom is 0.0263 e. The minimum Gasteiger partial charge on any atom is -0.312 e. The Balaban J connectivity index is 0.00000133. The number of nitrogens with one attached hydrogen (secondary N) is 1. The fourth-order valence-electron chi connectivity index (χ4n) is 3.49. The van der Waals surface area contributed by atoms with Crippen molar-refractivity contribution in [2.75, 3.05) is 26.2 Å². The van der Waals surface area contributed by atoms with E-state index in [1.165, 1.54) is 57.4 Å². The van der Waals surface area contributed by atoms with Gasteiger partial charge in [-0.05, 0) is 50.9 Å². The summed E-state index contributed by atoms with van der Waals surface area (Å²) < 4.78 is 0. The van der Waals surface area contributed by atoms with Gasteiger partial charge in [0.15, 0.2) is 0 Å². The quantitative estimate of drug-likeness (QED) is 0.916. The van der Waals surface area contributed by atoms with Crippen molar-refractivity contribution in [3.63, 3.8) is 0 Å². The Hall–Kier alpha value is -0.570. The highest BCUT2D eigenvalue weighted by atomic mass is 35.5. The Morgan fingerprint density at radius 1 is 1.05 bits per heavy atom. The van der Waals surface area contributed by atoms with Crippen LogP contribution in [0.2, 0.25) is 0 Å². The maximum atomic E-state index is 3.75. The number of halogens is 1.